The highest BCUT2D eigenvalue weighted by atomic mass is 19.3. The lowest BCUT2D eigenvalue weighted by Gasteiger charge is -2.35. The molecule has 2 N–H and O–H groups in total. The monoisotopic (exact) mass is 390 g/mol. The Labute approximate surface area is 162 Å². The number of likely N-dealkylation sites (tertiary alicyclic amines) is 1. The molecule has 1 saturated heterocycles. The second kappa shape index (κ2) is 9.12. The minimum Gasteiger partial charge on any atom is -0.387 e. The molecule has 0 aromatic heterocycles. The van der Waals surface area contributed by atoms with Crippen LogP contribution in [-0.4, -0.2) is 47.8 Å². The number of anilines is 1. The highest BCUT2D eigenvalue weighted by Crippen LogP contribution is 2.27. The molecule has 2 aromatic carbocycles. The summed E-state index contributed by atoms with van der Waals surface area (Å²) in [7, 11) is 0. The number of ether oxygens (including phenoxy) is 1. The molecule has 28 heavy (non-hydrogen) atoms. The summed E-state index contributed by atoms with van der Waals surface area (Å²) >= 11 is 0. The molecule has 1 atom stereocenters. The maximum Gasteiger partial charge on any atom is 0.322 e. The van der Waals surface area contributed by atoms with Crippen molar-refractivity contribution < 1.29 is 23.4 Å². The summed E-state index contributed by atoms with van der Waals surface area (Å²) in [6.45, 7) is 0.267. The minimum atomic E-state index is -3.29. The topological polar surface area (TPSA) is 61.8 Å². The summed E-state index contributed by atoms with van der Waals surface area (Å²) in [6, 6.07) is 16.5. The first-order valence-corrected chi connectivity index (χ1v) is 9.26. The van der Waals surface area contributed by atoms with Gasteiger partial charge >= 0.3 is 6.03 Å². The Morgan fingerprint density at radius 3 is 2.68 bits per heavy atom. The predicted octanol–water partition coefficient (Wildman–Crippen LogP) is 3.68. The average molecular weight is 390 g/mol. The molecule has 0 radical (unpaired) electrons. The molecule has 2 amide bonds. The number of carbonyl (C=O) groups excluding carboxylic acids is 1. The number of aliphatic hydroxyl groups excluding tert-OH is 1. The Balaban J connectivity index is 1.48. The first-order chi connectivity index (χ1) is 13.4. The summed E-state index contributed by atoms with van der Waals surface area (Å²) in [5, 5.41) is 12.0. The van der Waals surface area contributed by atoms with E-state index in [9.17, 15) is 18.7 Å². The SMILES string of the molecule is O=C(Nc1cccc(COCCc2ccccc2)c1)N1CCC(O)C(F)(F)C1. The third-order valence-corrected chi connectivity index (χ3v) is 4.67. The van der Waals surface area contributed by atoms with Crippen LogP contribution in [0.2, 0.25) is 0 Å². The van der Waals surface area contributed by atoms with Crippen LogP contribution in [-0.2, 0) is 17.8 Å². The van der Waals surface area contributed by atoms with Crippen molar-refractivity contribution in [2.75, 3.05) is 25.0 Å². The smallest absolute Gasteiger partial charge is 0.322 e. The molecule has 7 heteroatoms. The van der Waals surface area contributed by atoms with Crippen molar-refractivity contribution in [3.05, 3.63) is 65.7 Å². The lowest BCUT2D eigenvalue weighted by atomic mass is 10.0. The van der Waals surface area contributed by atoms with Gasteiger partial charge < -0.3 is 20.1 Å². The van der Waals surface area contributed by atoms with E-state index in [4.69, 9.17) is 4.74 Å². The largest absolute Gasteiger partial charge is 0.387 e. The van der Waals surface area contributed by atoms with Crippen LogP contribution in [0.25, 0.3) is 0 Å². The first kappa shape index (κ1) is 20.2. The first-order valence-electron chi connectivity index (χ1n) is 9.26. The second-order valence-corrected chi connectivity index (χ2v) is 6.91. The summed E-state index contributed by atoms with van der Waals surface area (Å²) in [4.78, 5) is 13.3. The number of nitrogens with one attached hydrogen (secondary N) is 1. The van der Waals surface area contributed by atoms with Crippen molar-refractivity contribution in [3.63, 3.8) is 0 Å². The zero-order chi connectivity index (χ0) is 20.0. The number of aliphatic hydroxyl groups is 1. The van der Waals surface area contributed by atoms with E-state index >= 15 is 0 Å². The number of benzene rings is 2. The normalized spacial score (nSPS) is 18.7. The standard InChI is InChI=1S/C21H24F2N2O3/c22-21(23)15-25(11-9-19(21)26)20(27)24-18-8-4-7-17(13-18)14-28-12-10-16-5-2-1-3-6-16/h1-8,13,19,26H,9-12,14-15H2,(H,24,27). The number of hydrogen-bond donors (Lipinski definition) is 2. The van der Waals surface area contributed by atoms with E-state index in [1.54, 1.807) is 18.2 Å². The van der Waals surface area contributed by atoms with Gasteiger partial charge in [0.2, 0.25) is 0 Å². The Morgan fingerprint density at radius 2 is 1.93 bits per heavy atom. The van der Waals surface area contributed by atoms with Gasteiger partial charge in [0.25, 0.3) is 5.92 Å². The fourth-order valence-corrected chi connectivity index (χ4v) is 3.07. The summed E-state index contributed by atoms with van der Waals surface area (Å²) in [6.07, 6.45) is -1.03. The maximum atomic E-state index is 13.6. The number of urea groups is 1. The van der Waals surface area contributed by atoms with Gasteiger partial charge in [0, 0.05) is 12.2 Å². The lowest BCUT2D eigenvalue weighted by Crippen LogP contribution is -2.54. The van der Waals surface area contributed by atoms with Crippen LogP contribution in [0.3, 0.4) is 0 Å². The van der Waals surface area contributed by atoms with Crippen LogP contribution < -0.4 is 5.32 Å². The molecular formula is C21H24F2N2O3. The molecule has 0 spiro atoms. The molecule has 1 unspecified atom stereocenters. The van der Waals surface area contributed by atoms with E-state index in [1.807, 2.05) is 36.4 Å². The van der Waals surface area contributed by atoms with Crippen molar-refractivity contribution >= 4 is 11.7 Å². The van der Waals surface area contributed by atoms with Gasteiger partial charge in [-0.3, -0.25) is 0 Å². The minimum absolute atomic E-state index is 0.0882. The van der Waals surface area contributed by atoms with Gasteiger partial charge in [-0.25, -0.2) is 13.6 Å². The molecule has 0 bridgehead atoms. The number of hydrogen-bond acceptors (Lipinski definition) is 3. The van der Waals surface area contributed by atoms with Gasteiger partial charge in [0.1, 0.15) is 6.10 Å². The molecular weight excluding hydrogens is 366 g/mol. The lowest BCUT2D eigenvalue weighted by molar-refractivity contribution is -0.140. The molecule has 0 aliphatic carbocycles. The Bertz CT molecular complexity index is 786. The molecule has 5 nitrogen and oxygen atoms in total. The third kappa shape index (κ3) is 5.50. The van der Waals surface area contributed by atoms with E-state index in [0.29, 0.717) is 18.9 Å². The van der Waals surface area contributed by atoms with Crippen LogP contribution >= 0.6 is 0 Å². The number of rotatable bonds is 6. The summed E-state index contributed by atoms with van der Waals surface area (Å²) < 4.78 is 32.9. The highest BCUT2D eigenvalue weighted by molar-refractivity contribution is 5.89. The molecule has 1 fully saturated rings. The molecule has 0 saturated carbocycles. The molecule has 150 valence electrons. The Kier molecular flexibility index (Phi) is 6.59. The van der Waals surface area contributed by atoms with Crippen molar-refractivity contribution in [2.45, 2.75) is 31.5 Å². The summed E-state index contributed by atoms with van der Waals surface area (Å²) in [5.74, 6) is -3.29. The van der Waals surface area contributed by atoms with Crippen molar-refractivity contribution in [1.29, 1.82) is 0 Å². The van der Waals surface area contributed by atoms with Gasteiger partial charge in [0.05, 0.1) is 19.8 Å². The molecule has 1 heterocycles. The van der Waals surface area contributed by atoms with Crippen LogP contribution in [0.5, 0.6) is 0 Å². The van der Waals surface area contributed by atoms with Crippen molar-refractivity contribution in [3.8, 4) is 0 Å². The van der Waals surface area contributed by atoms with Crippen LogP contribution in [0.15, 0.2) is 54.6 Å². The number of carbonyl (C=O) groups is 1. The van der Waals surface area contributed by atoms with Gasteiger partial charge in [-0.1, -0.05) is 42.5 Å². The van der Waals surface area contributed by atoms with Gasteiger partial charge in [-0.15, -0.1) is 0 Å². The average Bonchev–Trinajstić information content (AvgIpc) is 2.68. The fourth-order valence-electron chi connectivity index (χ4n) is 3.07. The van der Waals surface area contributed by atoms with Crippen molar-refractivity contribution in [1.82, 2.24) is 4.90 Å². The second-order valence-electron chi connectivity index (χ2n) is 6.91. The van der Waals surface area contributed by atoms with E-state index in [-0.39, 0.29) is 13.0 Å². The van der Waals surface area contributed by atoms with Crippen LogP contribution in [0.4, 0.5) is 19.3 Å². The summed E-state index contributed by atoms with van der Waals surface area (Å²) in [5.41, 5.74) is 2.60. The number of piperidine rings is 1. The zero-order valence-electron chi connectivity index (χ0n) is 15.5. The highest BCUT2D eigenvalue weighted by Gasteiger charge is 2.45. The van der Waals surface area contributed by atoms with Gasteiger partial charge in [-0.2, -0.15) is 0 Å². The Hall–Kier alpha value is -2.51. The van der Waals surface area contributed by atoms with Crippen LogP contribution in [0.1, 0.15) is 17.5 Å². The Morgan fingerprint density at radius 1 is 1.18 bits per heavy atom. The molecule has 1 aliphatic heterocycles. The van der Waals surface area contributed by atoms with E-state index in [2.05, 4.69) is 5.32 Å². The van der Waals surface area contributed by atoms with Crippen molar-refractivity contribution in [2.24, 2.45) is 0 Å². The van der Waals surface area contributed by atoms with E-state index < -0.39 is 24.6 Å². The maximum absolute atomic E-state index is 13.6. The number of nitrogens with zero attached hydrogens (tertiary/aromatic N) is 1. The van der Waals surface area contributed by atoms with Gasteiger partial charge in [0.15, 0.2) is 0 Å². The number of halogens is 2. The predicted molar refractivity (Wildman–Crippen MR) is 102 cm³/mol. The van der Waals surface area contributed by atoms with Gasteiger partial charge in [-0.05, 0) is 36.1 Å². The fraction of sp³-hybridized carbons (Fsp3) is 0.381. The van der Waals surface area contributed by atoms with E-state index in [1.165, 1.54) is 5.56 Å². The molecule has 2 aromatic rings. The van der Waals surface area contributed by atoms with E-state index in [0.717, 1.165) is 16.9 Å². The number of alkyl halides is 2. The molecule has 1 aliphatic rings. The molecule has 3 rings (SSSR count). The third-order valence-electron chi connectivity index (χ3n) is 4.67. The quantitative estimate of drug-likeness (QED) is 0.740. The zero-order valence-corrected chi connectivity index (χ0v) is 15.5. The van der Waals surface area contributed by atoms with Crippen LogP contribution in [0, 0.1) is 0 Å². The number of amides is 2.